The molecule has 1 saturated heterocycles. The van der Waals surface area contributed by atoms with Crippen molar-refractivity contribution in [3.05, 3.63) is 11.3 Å². The average molecular weight is 305 g/mol. The summed E-state index contributed by atoms with van der Waals surface area (Å²) in [5.41, 5.74) is 1.38. The molecule has 1 aliphatic heterocycles. The third-order valence-corrected chi connectivity index (χ3v) is 6.98. The van der Waals surface area contributed by atoms with Crippen LogP contribution in [0.3, 0.4) is 0 Å². The molecular weight excluding hydrogens is 268 g/mol. The van der Waals surface area contributed by atoms with Crippen molar-refractivity contribution in [3.8, 4) is 0 Å². The molecule has 0 bridgehead atoms. The van der Waals surface area contributed by atoms with Crippen molar-refractivity contribution in [2.75, 3.05) is 6.61 Å². The Morgan fingerprint density at radius 2 is 1.23 bits per heavy atom. The number of allylic oxidation sites excluding steroid dienone is 2. The normalized spacial score (nSPS) is 40.1. The van der Waals surface area contributed by atoms with Crippen LogP contribution in [-0.4, -0.2) is 6.61 Å². The van der Waals surface area contributed by atoms with E-state index in [1.165, 1.54) is 75.5 Å². The van der Waals surface area contributed by atoms with Crippen LogP contribution in [0.2, 0.25) is 0 Å². The van der Waals surface area contributed by atoms with Gasteiger partial charge < -0.3 is 4.74 Å². The van der Waals surface area contributed by atoms with Crippen molar-refractivity contribution in [3.63, 3.8) is 0 Å². The fourth-order valence-corrected chi connectivity index (χ4v) is 5.29. The number of rotatable bonds is 2. The van der Waals surface area contributed by atoms with Gasteiger partial charge in [-0.25, -0.2) is 0 Å². The molecule has 22 heavy (non-hydrogen) atoms. The first-order valence-electron chi connectivity index (χ1n) is 9.92. The molecule has 0 aromatic carbocycles. The zero-order valence-electron chi connectivity index (χ0n) is 15.1. The Hall–Kier alpha value is -0.460. The lowest BCUT2D eigenvalue weighted by Crippen LogP contribution is -2.31. The van der Waals surface area contributed by atoms with Crippen molar-refractivity contribution in [2.24, 2.45) is 29.6 Å². The van der Waals surface area contributed by atoms with Crippen LogP contribution in [-0.2, 0) is 4.74 Å². The van der Waals surface area contributed by atoms with Crippen LogP contribution in [0.1, 0.15) is 85.0 Å². The minimum absolute atomic E-state index is 0.843. The van der Waals surface area contributed by atoms with Gasteiger partial charge in [0.2, 0.25) is 0 Å². The Morgan fingerprint density at radius 3 is 1.68 bits per heavy atom. The lowest BCUT2D eigenvalue weighted by atomic mass is 9.67. The van der Waals surface area contributed by atoms with Crippen molar-refractivity contribution in [1.82, 2.24) is 0 Å². The molecule has 1 heteroatoms. The SMILES string of the molecule is CC(C)=C1CCC(C2CCC(C3CCC(C)CC3)CC2)CO1. The highest BCUT2D eigenvalue weighted by Gasteiger charge is 2.34. The molecule has 2 aliphatic carbocycles. The highest BCUT2D eigenvalue weighted by Crippen LogP contribution is 2.44. The van der Waals surface area contributed by atoms with Gasteiger partial charge >= 0.3 is 0 Å². The Morgan fingerprint density at radius 1 is 0.727 bits per heavy atom. The van der Waals surface area contributed by atoms with Crippen LogP contribution in [0.4, 0.5) is 0 Å². The monoisotopic (exact) mass is 304 g/mol. The summed E-state index contributed by atoms with van der Waals surface area (Å²) in [6.07, 6.45) is 14.6. The molecule has 0 aromatic rings. The molecule has 0 aromatic heterocycles. The standard InChI is InChI=1S/C21H36O/c1-15(2)21-13-12-20(14-22-21)19-10-8-18(9-11-19)17-6-4-16(3)5-7-17/h16-20H,4-14H2,1-3H3. The Kier molecular flexibility index (Phi) is 5.52. The quantitative estimate of drug-likeness (QED) is 0.578. The van der Waals surface area contributed by atoms with Crippen LogP contribution < -0.4 is 0 Å². The summed E-state index contributed by atoms with van der Waals surface area (Å²) in [5, 5.41) is 0. The van der Waals surface area contributed by atoms with Gasteiger partial charge in [0.1, 0.15) is 0 Å². The van der Waals surface area contributed by atoms with Crippen LogP contribution >= 0.6 is 0 Å². The maximum absolute atomic E-state index is 6.04. The van der Waals surface area contributed by atoms with Crippen molar-refractivity contribution < 1.29 is 4.74 Å². The molecule has 3 rings (SSSR count). The van der Waals surface area contributed by atoms with E-state index >= 15 is 0 Å². The third kappa shape index (κ3) is 3.89. The van der Waals surface area contributed by atoms with E-state index in [0.29, 0.717) is 0 Å². The summed E-state index contributed by atoms with van der Waals surface area (Å²) >= 11 is 0. The molecule has 1 unspecified atom stereocenters. The van der Waals surface area contributed by atoms with Gasteiger partial charge in [0.25, 0.3) is 0 Å². The molecule has 0 amide bonds. The molecule has 1 nitrogen and oxygen atoms in total. The second kappa shape index (κ2) is 7.41. The highest BCUT2D eigenvalue weighted by atomic mass is 16.5. The summed E-state index contributed by atoms with van der Waals surface area (Å²) in [6, 6.07) is 0. The maximum atomic E-state index is 6.04. The fraction of sp³-hybridized carbons (Fsp3) is 0.905. The molecule has 3 aliphatic rings. The first-order valence-corrected chi connectivity index (χ1v) is 9.92. The number of hydrogen-bond acceptors (Lipinski definition) is 1. The van der Waals surface area contributed by atoms with Gasteiger partial charge in [0.15, 0.2) is 0 Å². The van der Waals surface area contributed by atoms with Crippen molar-refractivity contribution >= 4 is 0 Å². The van der Waals surface area contributed by atoms with Crippen LogP contribution in [0, 0.1) is 29.6 Å². The average Bonchev–Trinajstić information content (AvgIpc) is 2.56. The van der Waals surface area contributed by atoms with E-state index in [0.717, 1.165) is 36.2 Å². The first kappa shape index (κ1) is 16.4. The largest absolute Gasteiger partial charge is 0.498 e. The van der Waals surface area contributed by atoms with Gasteiger partial charge in [-0.2, -0.15) is 0 Å². The molecular formula is C21H36O. The molecule has 0 N–H and O–H groups in total. The second-order valence-electron chi connectivity index (χ2n) is 8.73. The third-order valence-electron chi connectivity index (χ3n) is 6.98. The van der Waals surface area contributed by atoms with E-state index in [4.69, 9.17) is 4.74 Å². The predicted molar refractivity (Wildman–Crippen MR) is 93.6 cm³/mol. The van der Waals surface area contributed by atoms with Gasteiger partial charge in [-0.3, -0.25) is 0 Å². The highest BCUT2D eigenvalue weighted by molar-refractivity contribution is 5.05. The molecule has 0 spiro atoms. The van der Waals surface area contributed by atoms with E-state index in [1.54, 1.807) is 0 Å². The van der Waals surface area contributed by atoms with E-state index < -0.39 is 0 Å². The molecule has 2 saturated carbocycles. The second-order valence-corrected chi connectivity index (χ2v) is 8.73. The molecule has 1 atom stereocenters. The van der Waals surface area contributed by atoms with E-state index in [1.807, 2.05) is 0 Å². The number of ether oxygens (including phenoxy) is 1. The Labute approximate surface area is 137 Å². The summed E-state index contributed by atoms with van der Waals surface area (Å²) < 4.78 is 6.04. The van der Waals surface area contributed by atoms with Gasteiger partial charge in [0.05, 0.1) is 12.4 Å². The minimum Gasteiger partial charge on any atom is -0.498 e. The lowest BCUT2D eigenvalue weighted by molar-refractivity contribution is 0.0507. The summed E-state index contributed by atoms with van der Waals surface area (Å²) in [5.74, 6) is 6.20. The lowest BCUT2D eigenvalue weighted by Gasteiger charge is -2.40. The van der Waals surface area contributed by atoms with E-state index in [2.05, 4.69) is 20.8 Å². The molecule has 3 fully saturated rings. The van der Waals surface area contributed by atoms with E-state index in [9.17, 15) is 0 Å². The zero-order valence-corrected chi connectivity index (χ0v) is 15.1. The Bertz CT molecular complexity index is 367. The minimum atomic E-state index is 0.843. The first-order chi connectivity index (χ1) is 10.6. The van der Waals surface area contributed by atoms with Crippen molar-refractivity contribution in [1.29, 1.82) is 0 Å². The molecule has 1 heterocycles. The zero-order chi connectivity index (χ0) is 15.5. The van der Waals surface area contributed by atoms with Gasteiger partial charge in [0, 0.05) is 6.42 Å². The van der Waals surface area contributed by atoms with Gasteiger partial charge in [-0.15, -0.1) is 0 Å². The maximum Gasteiger partial charge on any atom is 0.0946 e. The number of hydrogen-bond donors (Lipinski definition) is 0. The van der Waals surface area contributed by atoms with Crippen LogP contribution in [0.15, 0.2) is 11.3 Å². The van der Waals surface area contributed by atoms with Crippen molar-refractivity contribution in [2.45, 2.75) is 85.0 Å². The summed E-state index contributed by atoms with van der Waals surface area (Å²) in [4.78, 5) is 0. The van der Waals surface area contributed by atoms with Gasteiger partial charge in [-0.05, 0) is 94.0 Å². The van der Waals surface area contributed by atoms with Crippen LogP contribution in [0.5, 0.6) is 0 Å². The summed E-state index contributed by atoms with van der Waals surface area (Å²) in [7, 11) is 0. The smallest absolute Gasteiger partial charge is 0.0946 e. The van der Waals surface area contributed by atoms with E-state index in [-0.39, 0.29) is 0 Å². The molecule has 0 radical (unpaired) electrons. The van der Waals surface area contributed by atoms with Crippen LogP contribution in [0.25, 0.3) is 0 Å². The fourth-order valence-electron chi connectivity index (χ4n) is 5.29. The topological polar surface area (TPSA) is 9.23 Å². The summed E-state index contributed by atoms with van der Waals surface area (Å²) in [6.45, 7) is 7.81. The predicted octanol–water partition coefficient (Wildman–Crippen LogP) is 6.34. The Balaban J connectivity index is 1.43. The molecule has 126 valence electrons. The van der Waals surface area contributed by atoms with Gasteiger partial charge in [-0.1, -0.05) is 19.8 Å².